The van der Waals surface area contributed by atoms with Gasteiger partial charge < -0.3 is 15.0 Å². The maximum Gasteiger partial charge on any atom is 0.153 e. The molecule has 0 aromatic carbocycles. The molecule has 0 aliphatic carbocycles. The van der Waals surface area contributed by atoms with E-state index in [9.17, 15) is 4.79 Å². The third-order valence-corrected chi connectivity index (χ3v) is 2.62. The lowest BCUT2D eigenvalue weighted by atomic mass is 10.4. The third kappa shape index (κ3) is 3.13. The first kappa shape index (κ1) is 11.8. The molecule has 1 saturated heterocycles. The molecule has 6 heteroatoms. The van der Waals surface area contributed by atoms with Gasteiger partial charge in [-0.2, -0.15) is 0 Å². The Labute approximate surface area is 100 Å². The zero-order valence-corrected chi connectivity index (χ0v) is 9.85. The van der Waals surface area contributed by atoms with E-state index in [0.717, 1.165) is 18.2 Å². The van der Waals surface area contributed by atoms with Gasteiger partial charge in [-0.05, 0) is 0 Å². The van der Waals surface area contributed by atoms with E-state index in [2.05, 4.69) is 15.3 Å². The van der Waals surface area contributed by atoms with Gasteiger partial charge in [0.1, 0.15) is 18.0 Å². The molecule has 1 aromatic heterocycles. The number of ether oxygens (including phenoxy) is 1. The highest BCUT2D eigenvalue weighted by Gasteiger charge is 2.20. The average molecular weight is 236 g/mol. The molecule has 0 unspecified atom stereocenters. The number of anilines is 2. The molecule has 0 spiro atoms. The molecule has 92 valence electrons. The standard InChI is InChI=1S/C11H16N4O2/c1-17-5-3-12-10-6-11(14-8-13-10)15-4-2-9(16)7-15/h6,8H,2-5,7H2,1H3,(H,12,13,14). The van der Waals surface area contributed by atoms with Crippen LogP contribution in [0.1, 0.15) is 6.42 Å². The summed E-state index contributed by atoms with van der Waals surface area (Å²) < 4.78 is 4.95. The van der Waals surface area contributed by atoms with Crippen LogP contribution in [0.3, 0.4) is 0 Å². The predicted octanol–water partition coefficient (Wildman–Crippen LogP) is 0.314. The lowest BCUT2D eigenvalue weighted by Gasteiger charge is -2.15. The Balaban J connectivity index is 1.98. The van der Waals surface area contributed by atoms with Crippen molar-refractivity contribution in [2.24, 2.45) is 0 Å². The number of hydrogen-bond acceptors (Lipinski definition) is 6. The van der Waals surface area contributed by atoms with Crippen LogP contribution in [-0.4, -0.2) is 49.1 Å². The van der Waals surface area contributed by atoms with Crippen molar-refractivity contribution in [3.05, 3.63) is 12.4 Å². The first-order valence-corrected chi connectivity index (χ1v) is 5.61. The van der Waals surface area contributed by atoms with E-state index in [4.69, 9.17) is 4.74 Å². The Morgan fingerprint density at radius 2 is 2.41 bits per heavy atom. The number of carbonyl (C=O) groups excluding carboxylic acids is 1. The first-order valence-electron chi connectivity index (χ1n) is 5.61. The molecule has 1 aliphatic heterocycles. The molecule has 17 heavy (non-hydrogen) atoms. The van der Waals surface area contributed by atoms with Gasteiger partial charge in [0.15, 0.2) is 5.78 Å². The van der Waals surface area contributed by atoms with E-state index in [1.807, 2.05) is 11.0 Å². The Kier molecular flexibility index (Phi) is 3.87. The molecule has 1 aliphatic rings. The van der Waals surface area contributed by atoms with E-state index < -0.39 is 0 Å². The van der Waals surface area contributed by atoms with Crippen molar-refractivity contribution in [1.29, 1.82) is 0 Å². The van der Waals surface area contributed by atoms with Gasteiger partial charge in [0.05, 0.1) is 13.2 Å². The van der Waals surface area contributed by atoms with Gasteiger partial charge >= 0.3 is 0 Å². The van der Waals surface area contributed by atoms with Crippen LogP contribution in [0, 0.1) is 0 Å². The maximum absolute atomic E-state index is 11.2. The average Bonchev–Trinajstić information content (AvgIpc) is 2.77. The van der Waals surface area contributed by atoms with Gasteiger partial charge in [0.25, 0.3) is 0 Å². The molecule has 0 radical (unpaired) electrons. The second-order valence-electron chi connectivity index (χ2n) is 3.89. The maximum atomic E-state index is 11.2. The number of methoxy groups -OCH3 is 1. The normalized spacial score (nSPS) is 15.4. The minimum atomic E-state index is 0.262. The lowest BCUT2D eigenvalue weighted by molar-refractivity contribution is -0.116. The summed E-state index contributed by atoms with van der Waals surface area (Å²) in [6, 6.07) is 1.86. The van der Waals surface area contributed by atoms with Crippen molar-refractivity contribution in [2.45, 2.75) is 6.42 Å². The Bertz CT molecular complexity index is 397. The number of aromatic nitrogens is 2. The number of hydrogen-bond donors (Lipinski definition) is 1. The summed E-state index contributed by atoms with van der Waals surface area (Å²) >= 11 is 0. The fourth-order valence-corrected chi connectivity index (χ4v) is 1.72. The van der Waals surface area contributed by atoms with Crippen molar-refractivity contribution < 1.29 is 9.53 Å². The van der Waals surface area contributed by atoms with Gasteiger partial charge in [-0.3, -0.25) is 4.79 Å². The molecule has 2 heterocycles. The van der Waals surface area contributed by atoms with Crippen LogP contribution in [0.4, 0.5) is 11.6 Å². The number of nitrogens with one attached hydrogen (secondary N) is 1. The van der Waals surface area contributed by atoms with Crippen LogP contribution in [-0.2, 0) is 9.53 Å². The molecular weight excluding hydrogens is 220 g/mol. The zero-order valence-electron chi connectivity index (χ0n) is 9.85. The van der Waals surface area contributed by atoms with Crippen molar-refractivity contribution in [3.63, 3.8) is 0 Å². The van der Waals surface area contributed by atoms with E-state index in [1.54, 1.807) is 7.11 Å². The zero-order chi connectivity index (χ0) is 12.1. The minimum absolute atomic E-state index is 0.262. The number of ketones is 1. The van der Waals surface area contributed by atoms with Crippen LogP contribution < -0.4 is 10.2 Å². The quantitative estimate of drug-likeness (QED) is 0.742. The summed E-state index contributed by atoms with van der Waals surface area (Å²) in [6.45, 7) is 2.52. The SMILES string of the molecule is COCCNc1cc(N2CCC(=O)C2)ncn1. The molecule has 0 saturated carbocycles. The van der Waals surface area contributed by atoms with Gasteiger partial charge in [-0.1, -0.05) is 0 Å². The summed E-state index contributed by atoms with van der Waals surface area (Å²) in [4.78, 5) is 21.5. The van der Waals surface area contributed by atoms with Crippen molar-refractivity contribution in [2.75, 3.05) is 43.6 Å². The molecule has 1 aromatic rings. The fourth-order valence-electron chi connectivity index (χ4n) is 1.72. The van der Waals surface area contributed by atoms with E-state index in [-0.39, 0.29) is 5.78 Å². The molecule has 0 bridgehead atoms. The molecule has 1 N–H and O–H groups in total. The Hall–Kier alpha value is -1.69. The topological polar surface area (TPSA) is 67.3 Å². The monoisotopic (exact) mass is 236 g/mol. The summed E-state index contributed by atoms with van der Waals surface area (Å²) in [5.74, 6) is 1.81. The van der Waals surface area contributed by atoms with Crippen LogP contribution in [0.25, 0.3) is 0 Å². The number of Topliss-reactive ketones (excluding diaryl/α,β-unsaturated/α-hetero) is 1. The summed E-state index contributed by atoms with van der Waals surface area (Å²) in [5, 5.41) is 3.13. The van der Waals surface area contributed by atoms with Crippen molar-refractivity contribution >= 4 is 17.4 Å². The molecular formula is C11H16N4O2. The number of nitrogens with zero attached hydrogens (tertiary/aromatic N) is 3. The number of rotatable bonds is 5. The van der Waals surface area contributed by atoms with Crippen molar-refractivity contribution in [3.8, 4) is 0 Å². The van der Waals surface area contributed by atoms with Crippen LogP contribution in [0.5, 0.6) is 0 Å². The van der Waals surface area contributed by atoms with E-state index in [0.29, 0.717) is 26.1 Å². The predicted molar refractivity (Wildman–Crippen MR) is 64.2 cm³/mol. The summed E-state index contributed by atoms with van der Waals surface area (Å²) in [6.07, 6.45) is 2.11. The highest BCUT2D eigenvalue weighted by atomic mass is 16.5. The number of carbonyl (C=O) groups is 1. The molecule has 6 nitrogen and oxygen atoms in total. The highest BCUT2D eigenvalue weighted by Crippen LogP contribution is 2.17. The van der Waals surface area contributed by atoms with Gasteiger partial charge in [-0.25, -0.2) is 9.97 Å². The van der Waals surface area contributed by atoms with Crippen LogP contribution >= 0.6 is 0 Å². The molecule has 1 fully saturated rings. The van der Waals surface area contributed by atoms with Gasteiger partial charge in [-0.15, -0.1) is 0 Å². The molecule has 0 amide bonds. The third-order valence-electron chi connectivity index (χ3n) is 2.62. The largest absolute Gasteiger partial charge is 0.383 e. The molecule has 0 atom stereocenters. The summed E-state index contributed by atoms with van der Waals surface area (Å²) in [7, 11) is 1.66. The Morgan fingerprint density at radius 3 is 3.12 bits per heavy atom. The second kappa shape index (κ2) is 5.58. The van der Waals surface area contributed by atoms with Crippen molar-refractivity contribution in [1.82, 2.24) is 9.97 Å². The Morgan fingerprint density at radius 1 is 1.53 bits per heavy atom. The van der Waals surface area contributed by atoms with Gasteiger partial charge in [0, 0.05) is 32.7 Å². The minimum Gasteiger partial charge on any atom is -0.383 e. The van der Waals surface area contributed by atoms with Crippen LogP contribution in [0.2, 0.25) is 0 Å². The van der Waals surface area contributed by atoms with Crippen LogP contribution in [0.15, 0.2) is 12.4 Å². The second-order valence-corrected chi connectivity index (χ2v) is 3.89. The van der Waals surface area contributed by atoms with E-state index >= 15 is 0 Å². The fraction of sp³-hybridized carbons (Fsp3) is 0.545. The first-order chi connectivity index (χ1) is 8.29. The lowest BCUT2D eigenvalue weighted by Crippen LogP contribution is -2.21. The van der Waals surface area contributed by atoms with Gasteiger partial charge in [0.2, 0.25) is 0 Å². The molecule has 2 rings (SSSR count). The highest BCUT2D eigenvalue weighted by molar-refractivity contribution is 5.86. The van der Waals surface area contributed by atoms with E-state index in [1.165, 1.54) is 6.33 Å². The smallest absolute Gasteiger partial charge is 0.153 e. The summed E-state index contributed by atoms with van der Waals surface area (Å²) in [5.41, 5.74) is 0.